The van der Waals surface area contributed by atoms with Crippen molar-refractivity contribution in [3.8, 4) is 22.3 Å². The minimum absolute atomic E-state index is 0.437. The third kappa shape index (κ3) is 4.73. The van der Waals surface area contributed by atoms with Gasteiger partial charge < -0.3 is 4.90 Å². The second kappa shape index (κ2) is 13.7. The van der Waals surface area contributed by atoms with Gasteiger partial charge in [0.1, 0.15) is 0 Å². The zero-order chi connectivity index (χ0) is 43.1. The first-order chi connectivity index (χ1) is 32.7. The monoisotopic (exact) mass is 891 g/mol. The van der Waals surface area contributed by atoms with Crippen LogP contribution >= 0.6 is 34.9 Å². The van der Waals surface area contributed by atoms with E-state index in [0.717, 1.165) is 11.4 Å². The van der Waals surface area contributed by atoms with Crippen molar-refractivity contribution in [3.05, 3.63) is 269 Å². The summed E-state index contributed by atoms with van der Waals surface area (Å²) in [6, 6.07) is 85.1. The highest BCUT2D eigenvalue weighted by atomic mass is 32.2. The second-order valence-electron chi connectivity index (χ2n) is 17.8. The maximum atomic E-state index is 2.56. The van der Waals surface area contributed by atoms with Crippen LogP contribution in [-0.4, -0.2) is 0 Å². The van der Waals surface area contributed by atoms with E-state index in [9.17, 15) is 0 Å². The fraction of sp³-hybridized carbons (Fsp3) is 0.0323. The second-order valence-corrected chi connectivity index (χ2v) is 21.1. The zero-order valence-electron chi connectivity index (χ0n) is 35.5. The molecule has 2 aliphatic heterocycles. The standard InChI is InChI=1S/C62H37NS3/c1-4-19-45-40(16-1)43-36-38(32-34-47(43)61(45)49-21-6-11-27-55(49)65-56-28-12-7-22-50(56)61)63(53-25-15-31-59-60(53)42-18-3-10-26-54(42)64-59)39-33-35-48-44(37-39)41-17-2-5-20-46(41)62(48)51-23-8-13-29-57(51)66-58-30-14-9-24-52(58)62/h1-37H. The van der Waals surface area contributed by atoms with Gasteiger partial charge in [-0.05, 0) is 133 Å². The van der Waals surface area contributed by atoms with Crippen molar-refractivity contribution >= 4 is 72.1 Å². The smallest absolute Gasteiger partial charge is 0.0735 e. The van der Waals surface area contributed by atoms with Crippen molar-refractivity contribution in [1.82, 2.24) is 0 Å². The van der Waals surface area contributed by atoms with Crippen molar-refractivity contribution in [2.24, 2.45) is 0 Å². The van der Waals surface area contributed by atoms with E-state index in [1.807, 2.05) is 34.9 Å². The van der Waals surface area contributed by atoms with Crippen LogP contribution in [0.15, 0.2) is 244 Å². The summed E-state index contributed by atoms with van der Waals surface area (Å²) in [7, 11) is 0. The third-order valence-electron chi connectivity index (χ3n) is 14.8. The van der Waals surface area contributed by atoms with E-state index >= 15 is 0 Å². The van der Waals surface area contributed by atoms with E-state index in [1.54, 1.807) is 0 Å². The van der Waals surface area contributed by atoms with Gasteiger partial charge in [-0.15, -0.1) is 11.3 Å². The molecule has 4 aliphatic rings. The van der Waals surface area contributed by atoms with Crippen LogP contribution in [0.5, 0.6) is 0 Å². The molecule has 0 radical (unpaired) electrons. The lowest BCUT2D eigenvalue weighted by molar-refractivity contribution is 0.722. The van der Waals surface area contributed by atoms with Crippen molar-refractivity contribution in [1.29, 1.82) is 0 Å². The van der Waals surface area contributed by atoms with E-state index in [2.05, 4.69) is 229 Å². The first-order valence-electron chi connectivity index (χ1n) is 22.7. The summed E-state index contributed by atoms with van der Waals surface area (Å²) in [5.41, 5.74) is 18.5. The summed E-state index contributed by atoms with van der Waals surface area (Å²) in [6.07, 6.45) is 0. The summed E-state index contributed by atoms with van der Waals surface area (Å²) >= 11 is 5.67. The molecule has 0 saturated carbocycles. The average Bonchev–Trinajstić information content (AvgIpc) is 4.00. The molecular weight excluding hydrogens is 855 g/mol. The molecule has 66 heavy (non-hydrogen) atoms. The average molecular weight is 892 g/mol. The van der Waals surface area contributed by atoms with Gasteiger partial charge in [0.2, 0.25) is 0 Å². The molecule has 1 aromatic heterocycles. The molecular formula is C62H37NS3. The molecule has 0 bridgehead atoms. The van der Waals surface area contributed by atoms with Crippen molar-refractivity contribution < 1.29 is 0 Å². The van der Waals surface area contributed by atoms with Gasteiger partial charge in [0, 0.05) is 51.1 Å². The maximum absolute atomic E-state index is 2.56. The number of benzene rings is 10. The largest absolute Gasteiger partial charge is 0.310 e. The quantitative estimate of drug-likeness (QED) is 0.174. The van der Waals surface area contributed by atoms with Crippen LogP contribution in [0.4, 0.5) is 17.1 Å². The maximum Gasteiger partial charge on any atom is 0.0735 e. The molecule has 10 aromatic carbocycles. The predicted molar refractivity (Wildman–Crippen MR) is 277 cm³/mol. The molecule has 0 amide bonds. The first kappa shape index (κ1) is 37.2. The lowest BCUT2D eigenvalue weighted by Gasteiger charge is -2.40. The Morgan fingerprint density at radius 2 is 0.697 bits per heavy atom. The van der Waals surface area contributed by atoms with Crippen LogP contribution in [0.25, 0.3) is 42.4 Å². The predicted octanol–water partition coefficient (Wildman–Crippen LogP) is 17.2. The van der Waals surface area contributed by atoms with Gasteiger partial charge in [0.25, 0.3) is 0 Å². The Bertz CT molecular complexity index is 3590. The molecule has 1 nitrogen and oxygen atoms in total. The normalized spacial score (nSPS) is 14.8. The Hall–Kier alpha value is -7.08. The van der Waals surface area contributed by atoms with Crippen LogP contribution in [0.1, 0.15) is 44.5 Å². The Balaban J connectivity index is 1.01. The Kier molecular flexibility index (Phi) is 7.73. The van der Waals surface area contributed by atoms with Gasteiger partial charge in [0.05, 0.1) is 16.5 Å². The number of nitrogens with zero attached hydrogens (tertiary/aromatic N) is 1. The number of hydrogen-bond acceptors (Lipinski definition) is 4. The van der Waals surface area contributed by atoms with Crippen LogP contribution in [0.2, 0.25) is 0 Å². The van der Waals surface area contributed by atoms with E-state index < -0.39 is 10.8 Å². The van der Waals surface area contributed by atoms with Gasteiger partial charge in [0.15, 0.2) is 0 Å². The lowest BCUT2D eigenvalue weighted by Crippen LogP contribution is -2.32. The van der Waals surface area contributed by atoms with Crippen molar-refractivity contribution in [3.63, 3.8) is 0 Å². The molecule has 0 fully saturated rings. The minimum Gasteiger partial charge on any atom is -0.310 e. The molecule has 2 spiro atoms. The van der Waals surface area contributed by atoms with Gasteiger partial charge in [-0.25, -0.2) is 0 Å². The summed E-state index contributed by atoms with van der Waals surface area (Å²) in [6.45, 7) is 0. The Labute approximate surface area is 396 Å². The van der Waals surface area contributed by atoms with E-state index in [1.165, 1.54) is 112 Å². The van der Waals surface area contributed by atoms with E-state index in [4.69, 9.17) is 0 Å². The summed E-state index contributed by atoms with van der Waals surface area (Å²) in [5.74, 6) is 0. The number of thiophene rings is 1. The molecule has 15 rings (SSSR count). The zero-order valence-corrected chi connectivity index (χ0v) is 38.0. The minimum atomic E-state index is -0.437. The van der Waals surface area contributed by atoms with Crippen LogP contribution in [0, 0.1) is 0 Å². The fourth-order valence-electron chi connectivity index (χ4n) is 12.3. The SMILES string of the molecule is c1ccc2c(c1)Sc1ccccc1C21c2ccccc2-c2cc(N(c3ccc4c(c3)-c3ccccc3C43c4ccccc4Sc4ccccc43)c3cccc4sc5ccccc5c34)ccc21. The van der Waals surface area contributed by atoms with Gasteiger partial charge in [-0.1, -0.05) is 181 Å². The molecule has 0 unspecified atom stereocenters. The molecule has 2 aliphatic carbocycles. The van der Waals surface area contributed by atoms with E-state index in [0.29, 0.717) is 0 Å². The highest BCUT2D eigenvalue weighted by Crippen LogP contribution is 2.65. The molecule has 4 heteroatoms. The molecule has 3 heterocycles. The van der Waals surface area contributed by atoms with Gasteiger partial charge >= 0.3 is 0 Å². The van der Waals surface area contributed by atoms with Crippen molar-refractivity contribution in [2.45, 2.75) is 30.4 Å². The number of rotatable bonds is 3. The fourth-order valence-corrected chi connectivity index (χ4v) is 15.9. The Morgan fingerprint density at radius 3 is 1.20 bits per heavy atom. The molecule has 0 saturated heterocycles. The number of anilines is 3. The summed E-state index contributed by atoms with van der Waals surface area (Å²) in [5, 5.41) is 2.57. The van der Waals surface area contributed by atoms with E-state index in [-0.39, 0.29) is 0 Å². The third-order valence-corrected chi connectivity index (χ3v) is 18.2. The van der Waals surface area contributed by atoms with Crippen molar-refractivity contribution in [2.75, 3.05) is 4.90 Å². The molecule has 0 N–H and O–H groups in total. The summed E-state index contributed by atoms with van der Waals surface area (Å²) in [4.78, 5) is 7.83. The first-order valence-corrected chi connectivity index (χ1v) is 25.1. The highest BCUT2D eigenvalue weighted by molar-refractivity contribution is 7.99. The number of fused-ring (bicyclic) bond motifs is 21. The van der Waals surface area contributed by atoms with Crippen LogP contribution in [-0.2, 0) is 10.8 Å². The van der Waals surface area contributed by atoms with Crippen LogP contribution < -0.4 is 4.90 Å². The number of hydrogen-bond donors (Lipinski definition) is 0. The molecule has 0 atom stereocenters. The highest BCUT2D eigenvalue weighted by Gasteiger charge is 2.52. The lowest BCUT2D eigenvalue weighted by atomic mass is 9.67. The Morgan fingerprint density at radius 1 is 0.303 bits per heavy atom. The summed E-state index contributed by atoms with van der Waals surface area (Å²) < 4.78 is 2.59. The van der Waals surface area contributed by atoms with Crippen LogP contribution in [0.3, 0.4) is 0 Å². The van der Waals surface area contributed by atoms with Gasteiger partial charge in [-0.2, -0.15) is 0 Å². The molecule has 11 aromatic rings. The molecule has 308 valence electrons. The van der Waals surface area contributed by atoms with Gasteiger partial charge in [-0.3, -0.25) is 0 Å². The topological polar surface area (TPSA) is 3.24 Å².